The Bertz CT molecular complexity index is 267. The van der Waals surface area contributed by atoms with Crippen LogP contribution in [-0.2, 0) is 5.54 Å². The van der Waals surface area contributed by atoms with Crippen molar-refractivity contribution in [2.24, 2.45) is 5.73 Å². The molecular formula is C8H10Cl2N2. The molecular weight excluding hydrogens is 195 g/mol. The van der Waals surface area contributed by atoms with Crippen LogP contribution in [0.2, 0.25) is 5.02 Å². The minimum absolute atomic E-state index is 0. The molecule has 1 heterocycles. The molecule has 2 nitrogen and oxygen atoms in total. The highest BCUT2D eigenvalue weighted by molar-refractivity contribution is 6.30. The summed E-state index contributed by atoms with van der Waals surface area (Å²) in [4.78, 5) is 4.16. The van der Waals surface area contributed by atoms with Crippen LogP contribution in [0.4, 0.5) is 0 Å². The monoisotopic (exact) mass is 204 g/mol. The fourth-order valence-electron chi connectivity index (χ4n) is 1.06. The lowest BCUT2D eigenvalue weighted by Gasteiger charge is -2.06. The smallest absolute Gasteiger partial charge is 0.0603 e. The SMILES string of the molecule is Cl.NC1(c2ccc(Cl)cn2)CC1. The normalized spacial score (nSPS) is 18.2. The summed E-state index contributed by atoms with van der Waals surface area (Å²) in [6, 6.07) is 3.73. The van der Waals surface area contributed by atoms with E-state index in [9.17, 15) is 0 Å². The predicted octanol–water partition coefficient (Wildman–Crippen LogP) is 2.10. The average Bonchev–Trinajstić information content (AvgIpc) is 2.70. The van der Waals surface area contributed by atoms with Gasteiger partial charge in [-0.2, -0.15) is 0 Å². The Morgan fingerprint density at radius 1 is 1.42 bits per heavy atom. The van der Waals surface area contributed by atoms with Crippen LogP contribution in [0.3, 0.4) is 0 Å². The number of hydrogen-bond donors (Lipinski definition) is 1. The van der Waals surface area contributed by atoms with Gasteiger partial charge in [-0.1, -0.05) is 11.6 Å². The minimum Gasteiger partial charge on any atom is -0.320 e. The van der Waals surface area contributed by atoms with Crippen LogP contribution in [0.1, 0.15) is 18.5 Å². The summed E-state index contributed by atoms with van der Waals surface area (Å²) in [6.45, 7) is 0. The highest BCUT2D eigenvalue weighted by Gasteiger charge is 2.41. The second-order valence-electron chi connectivity index (χ2n) is 3.02. The summed E-state index contributed by atoms with van der Waals surface area (Å²) in [5, 5.41) is 0.665. The van der Waals surface area contributed by atoms with Gasteiger partial charge in [0.1, 0.15) is 0 Å². The zero-order valence-electron chi connectivity index (χ0n) is 6.46. The molecule has 1 aromatic heterocycles. The number of halogens is 2. The molecule has 0 bridgehead atoms. The Hall–Kier alpha value is -0.310. The van der Waals surface area contributed by atoms with Crippen molar-refractivity contribution in [1.29, 1.82) is 0 Å². The molecule has 0 radical (unpaired) electrons. The Kier molecular flexibility index (Phi) is 2.61. The van der Waals surface area contributed by atoms with Crippen molar-refractivity contribution in [3.8, 4) is 0 Å². The maximum Gasteiger partial charge on any atom is 0.0603 e. The van der Waals surface area contributed by atoms with E-state index < -0.39 is 0 Å². The molecule has 1 aliphatic carbocycles. The van der Waals surface area contributed by atoms with Crippen LogP contribution < -0.4 is 5.73 Å². The van der Waals surface area contributed by atoms with E-state index in [2.05, 4.69) is 4.98 Å². The summed E-state index contributed by atoms with van der Waals surface area (Å²) in [5.41, 5.74) is 6.74. The first-order chi connectivity index (χ1) is 5.21. The molecule has 0 aromatic carbocycles. The molecule has 0 unspecified atom stereocenters. The molecule has 4 heteroatoms. The Morgan fingerprint density at radius 3 is 2.50 bits per heavy atom. The molecule has 1 aliphatic rings. The number of rotatable bonds is 1. The van der Waals surface area contributed by atoms with E-state index in [4.69, 9.17) is 17.3 Å². The van der Waals surface area contributed by atoms with Gasteiger partial charge in [-0.3, -0.25) is 4.98 Å². The quantitative estimate of drug-likeness (QED) is 0.762. The van der Waals surface area contributed by atoms with E-state index >= 15 is 0 Å². The number of pyridine rings is 1. The van der Waals surface area contributed by atoms with Crippen LogP contribution in [0.5, 0.6) is 0 Å². The zero-order valence-corrected chi connectivity index (χ0v) is 8.03. The van der Waals surface area contributed by atoms with Crippen molar-refractivity contribution in [3.05, 3.63) is 29.0 Å². The van der Waals surface area contributed by atoms with E-state index in [1.165, 1.54) is 0 Å². The summed E-state index contributed by atoms with van der Waals surface area (Å²) >= 11 is 5.68. The molecule has 12 heavy (non-hydrogen) atoms. The van der Waals surface area contributed by atoms with Crippen LogP contribution >= 0.6 is 24.0 Å². The summed E-state index contributed by atoms with van der Waals surface area (Å²) < 4.78 is 0. The van der Waals surface area contributed by atoms with Crippen molar-refractivity contribution >= 4 is 24.0 Å². The molecule has 1 saturated carbocycles. The minimum atomic E-state index is -0.134. The van der Waals surface area contributed by atoms with Crippen molar-refractivity contribution in [2.45, 2.75) is 18.4 Å². The first-order valence-electron chi connectivity index (χ1n) is 3.62. The van der Waals surface area contributed by atoms with Crippen molar-refractivity contribution in [3.63, 3.8) is 0 Å². The van der Waals surface area contributed by atoms with Crippen molar-refractivity contribution in [2.75, 3.05) is 0 Å². The molecule has 0 atom stereocenters. The Labute approximate surface area is 82.5 Å². The number of hydrogen-bond acceptors (Lipinski definition) is 2. The molecule has 0 spiro atoms. The van der Waals surface area contributed by atoms with Gasteiger partial charge >= 0.3 is 0 Å². The fourth-order valence-corrected chi connectivity index (χ4v) is 1.17. The van der Waals surface area contributed by atoms with Gasteiger partial charge in [0.05, 0.1) is 16.3 Å². The largest absolute Gasteiger partial charge is 0.320 e. The summed E-state index contributed by atoms with van der Waals surface area (Å²) in [5.74, 6) is 0. The van der Waals surface area contributed by atoms with E-state index in [1.807, 2.05) is 12.1 Å². The molecule has 0 amide bonds. The molecule has 0 saturated heterocycles. The van der Waals surface area contributed by atoms with Gasteiger partial charge in [0.25, 0.3) is 0 Å². The van der Waals surface area contributed by atoms with Gasteiger partial charge < -0.3 is 5.73 Å². The lowest BCUT2D eigenvalue weighted by molar-refractivity contribution is 0.708. The van der Waals surface area contributed by atoms with Crippen LogP contribution in [-0.4, -0.2) is 4.98 Å². The first-order valence-corrected chi connectivity index (χ1v) is 3.99. The van der Waals surface area contributed by atoms with E-state index in [0.717, 1.165) is 18.5 Å². The zero-order chi connectivity index (χ0) is 7.90. The Morgan fingerprint density at radius 2 is 2.08 bits per heavy atom. The second-order valence-corrected chi connectivity index (χ2v) is 3.45. The van der Waals surface area contributed by atoms with Crippen molar-refractivity contribution in [1.82, 2.24) is 4.98 Å². The van der Waals surface area contributed by atoms with Gasteiger partial charge in [0.15, 0.2) is 0 Å². The average molecular weight is 205 g/mol. The second kappa shape index (κ2) is 3.21. The molecule has 1 fully saturated rings. The topological polar surface area (TPSA) is 38.9 Å². The van der Waals surface area contributed by atoms with Gasteiger partial charge in [-0.15, -0.1) is 12.4 Å². The molecule has 1 aromatic rings. The lowest BCUT2D eigenvalue weighted by atomic mass is 10.2. The van der Waals surface area contributed by atoms with Gasteiger partial charge in [-0.25, -0.2) is 0 Å². The Balaban J connectivity index is 0.000000720. The lowest BCUT2D eigenvalue weighted by Crippen LogP contribution is -2.19. The third kappa shape index (κ3) is 1.71. The fraction of sp³-hybridized carbons (Fsp3) is 0.375. The summed E-state index contributed by atoms with van der Waals surface area (Å²) in [7, 11) is 0. The summed E-state index contributed by atoms with van der Waals surface area (Å²) in [6.07, 6.45) is 3.73. The van der Waals surface area contributed by atoms with Crippen molar-refractivity contribution < 1.29 is 0 Å². The van der Waals surface area contributed by atoms with Gasteiger partial charge in [-0.05, 0) is 25.0 Å². The molecule has 2 N–H and O–H groups in total. The number of nitrogens with two attached hydrogens (primary N) is 1. The number of nitrogens with zero attached hydrogens (tertiary/aromatic N) is 1. The third-order valence-corrected chi connectivity index (χ3v) is 2.25. The van der Waals surface area contributed by atoms with Gasteiger partial charge in [0, 0.05) is 6.20 Å². The van der Waals surface area contributed by atoms with E-state index in [-0.39, 0.29) is 17.9 Å². The van der Waals surface area contributed by atoms with Crippen LogP contribution in [0.15, 0.2) is 18.3 Å². The highest BCUT2D eigenvalue weighted by atomic mass is 35.5. The molecule has 66 valence electrons. The molecule has 2 rings (SSSR count). The van der Waals surface area contributed by atoms with E-state index in [0.29, 0.717) is 5.02 Å². The first kappa shape index (κ1) is 9.78. The van der Waals surface area contributed by atoms with E-state index in [1.54, 1.807) is 6.20 Å². The van der Waals surface area contributed by atoms with Gasteiger partial charge in [0.2, 0.25) is 0 Å². The number of aromatic nitrogens is 1. The maximum atomic E-state index is 5.91. The maximum absolute atomic E-state index is 5.91. The van der Waals surface area contributed by atoms with Crippen LogP contribution in [0, 0.1) is 0 Å². The predicted molar refractivity (Wildman–Crippen MR) is 51.6 cm³/mol. The standard InChI is InChI=1S/C8H9ClN2.ClH/c9-6-1-2-7(11-5-6)8(10)3-4-8;/h1-2,5H,3-4,10H2;1H. The van der Waals surface area contributed by atoms with Crippen LogP contribution in [0.25, 0.3) is 0 Å². The molecule has 0 aliphatic heterocycles. The third-order valence-electron chi connectivity index (χ3n) is 2.03. The highest BCUT2D eigenvalue weighted by Crippen LogP contribution is 2.41.